The van der Waals surface area contributed by atoms with Crippen molar-refractivity contribution < 1.29 is 9.90 Å². The van der Waals surface area contributed by atoms with E-state index in [1.54, 1.807) is 0 Å². The van der Waals surface area contributed by atoms with Crippen LogP contribution in [0.15, 0.2) is 0 Å². The lowest BCUT2D eigenvalue weighted by atomic mass is 9.97. The Morgan fingerprint density at radius 2 is 1.75 bits per heavy atom. The second kappa shape index (κ2) is 7.06. The first-order chi connectivity index (χ1) is 5.66. The Morgan fingerprint density at radius 1 is 1.33 bits per heavy atom. The molecule has 1 fully saturated rings. The number of aliphatic carboxylic acids is 1. The Balaban J connectivity index is 0.000000217. The molecule has 0 unspecified atom stereocenters. The summed E-state index contributed by atoms with van der Waals surface area (Å²) in [6, 6.07) is 0.536. The summed E-state index contributed by atoms with van der Waals surface area (Å²) in [5.41, 5.74) is 10.2. The van der Waals surface area contributed by atoms with E-state index in [0.29, 0.717) is 6.04 Å². The van der Waals surface area contributed by atoms with E-state index in [0.717, 1.165) is 0 Å². The highest BCUT2D eigenvalue weighted by atomic mass is 16.4. The molecule has 72 valence electrons. The number of carboxylic acids is 1. The molecule has 0 amide bonds. The normalized spacial score (nSPS) is 17.8. The molecule has 1 rings (SSSR count). The predicted molar refractivity (Wildman–Crippen MR) is 47.8 cm³/mol. The molecule has 0 aromatic rings. The molecule has 0 aromatic heterocycles. The van der Waals surface area contributed by atoms with Crippen molar-refractivity contribution in [1.29, 1.82) is 0 Å². The van der Waals surface area contributed by atoms with Crippen LogP contribution in [0.2, 0.25) is 0 Å². The molecule has 0 saturated heterocycles. The summed E-state index contributed by atoms with van der Waals surface area (Å²) in [4.78, 5) is 9.24. The van der Waals surface area contributed by atoms with Crippen molar-refractivity contribution in [2.45, 2.75) is 38.1 Å². The maximum absolute atomic E-state index is 9.24. The molecule has 0 spiro atoms. The van der Waals surface area contributed by atoms with Crippen LogP contribution in [-0.2, 0) is 4.79 Å². The Bertz CT molecular complexity index is 122. The van der Waals surface area contributed by atoms with Crippen molar-refractivity contribution >= 4 is 5.97 Å². The van der Waals surface area contributed by atoms with Crippen LogP contribution in [0.25, 0.3) is 0 Å². The van der Waals surface area contributed by atoms with E-state index in [9.17, 15) is 4.79 Å². The highest BCUT2D eigenvalue weighted by molar-refractivity contribution is 5.68. The van der Waals surface area contributed by atoms with Gasteiger partial charge in [-0.15, -0.1) is 0 Å². The molecule has 12 heavy (non-hydrogen) atoms. The summed E-state index contributed by atoms with van der Waals surface area (Å²) in [5, 5.41) is 7.60. The van der Waals surface area contributed by atoms with Crippen LogP contribution >= 0.6 is 0 Å². The lowest BCUT2D eigenvalue weighted by Crippen LogP contribution is -2.22. The monoisotopic (exact) mass is 174 g/mol. The van der Waals surface area contributed by atoms with E-state index < -0.39 is 5.97 Å². The van der Waals surface area contributed by atoms with E-state index in [1.165, 1.54) is 32.1 Å². The van der Waals surface area contributed by atoms with Gasteiger partial charge in [0, 0.05) is 6.04 Å². The number of nitrogens with two attached hydrogens (primary N) is 2. The molecule has 1 saturated carbocycles. The molecule has 0 radical (unpaired) electrons. The van der Waals surface area contributed by atoms with Crippen LogP contribution in [0.4, 0.5) is 0 Å². The van der Waals surface area contributed by atoms with Crippen LogP contribution < -0.4 is 11.5 Å². The van der Waals surface area contributed by atoms with Gasteiger partial charge >= 0.3 is 5.97 Å². The third-order valence-electron chi connectivity index (χ3n) is 1.82. The molecular formula is C8H18N2O2. The minimum Gasteiger partial charge on any atom is -0.480 e. The number of rotatable bonds is 1. The second-order valence-corrected chi connectivity index (χ2v) is 3.00. The Hall–Kier alpha value is -0.610. The molecule has 0 aliphatic heterocycles. The van der Waals surface area contributed by atoms with Gasteiger partial charge in [-0.05, 0) is 12.8 Å². The van der Waals surface area contributed by atoms with Gasteiger partial charge < -0.3 is 16.6 Å². The number of carbonyl (C=O) groups is 1. The summed E-state index contributed by atoms with van der Waals surface area (Å²) in [7, 11) is 0. The average molecular weight is 174 g/mol. The van der Waals surface area contributed by atoms with Gasteiger partial charge in [0.2, 0.25) is 0 Å². The van der Waals surface area contributed by atoms with Crippen molar-refractivity contribution in [3.8, 4) is 0 Å². The zero-order valence-corrected chi connectivity index (χ0v) is 7.33. The first-order valence-electron chi connectivity index (χ1n) is 4.34. The molecule has 1 aliphatic carbocycles. The van der Waals surface area contributed by atoms with Crippen molar-refractivity contribution in [1.82, 2.24) is 0 Å². The number of hydrogen-bond donors (Lipinski definition) is 3. The molecule has 0 aromatic carbocycles. The lowest BCUT2D eigenvalue weighted by molar-refractivity contribution is -0.135. The van der Waals surface area contributed by atoms with Gasteiger partial charge in [0.05, 0.1) is 6.54 Å². The SMILES string of the molecule is NC1CCCCC1.NCC(=O)O. The third-order valence-corrected chi connectivity index (χ3v) is 1.82. The lowest BCUT2D eigenvalue weighted by Gasteiger charge is -2.15. The van der Waals surface area contributed by atoms with E-state index in [2.05, 4.69) is 5.73 Å². The highest BCUT2D eigenvalue weighted by Crippen LogP contribution is 2.14. The smallest absolute Gasteiger partial charge is 0.317 e. The molecule has 4 heteroatoms. The number of hydrogen-bond acceptors (Lipinski definition) is 3. The van der Waals surface area contributed by atoms with Crippen LogP contribution in [0.3, 0.4) is 0 Å². The second-order valence-electron chi connectivity index (χ2n) is 3.00. The summed E-state index contributed by atoms with van der Waals surface area (Å²) < 4.78 is 0. The quantitative estimate of drug-likeness (QED) is 0.533. The maximum atomic E-state index is 9.24. The van der Waals surface area contributed by atoms with Gasteiger partial charge in [-0.2, -0.15) is 0 Å². The molecule has 5 N–H and O–H groups in total. The fourth-order valence-electron chi connectivity index (χ4n) is 1.13. The van der Waals surface area contributed by atoms with Crippen LogP contribution in [0.5, 0.6) is 0 Å². The van der Waals surface area contributed by atoms with Gasteiger partial charge in [-0.3, -0.25) is 4.79 Å². The molecule has 0 atom stereocenters. The molecular weight excluding hydrogens is 156 g/mol. The van der Waals surface area contributed by atoms with Crippen molar-refractivity contribution in [3.05, 3.63) is 0 Å². The fraction of sp³-hybridized carbons (Fsp3) is 0.875. The molecule has 4 nitrogen and oxygen atoms in total. The Morgan fingerprint density at radius 3 is 1.92 bits per heavy atom. The Kier molecular flexibility index (Phi) is 6.70. The standard InChI is InChI=1S/C6H13N.C2H5NO2/c7-6-4-2-1-3-5-6;3-1-2(4)5/h6H,1-5,7H2;1,3H2,(H,4,5). The topological polar surface area (TPSA) is 89.3 Å². The highest BCUT2D eigenvalue weighted by Gasteiger charge is 2.06. The minimum absolute atomic E-state index is 0.278. The zero-order valence-electron chi connectivity index (χ0n) is 7.33. The van der Waals surface area contributed by atoms with E-state index in [1.807, 2.05) is 0 Å². The van der Waals surface area contributed by atoms with E-state index in [-0.39, 0.29) is 6.54 Å². The average Bonchev–Trinajstić information content (AvgIpc) is 2.07. The van der Waals surface area contributed by atoms with Gasteiger partial charge in [0.1, 0.15) is 0 Å². The first kappa shape index (κ1) is 11.4. The fourth-order valence-corrected chi connectivity index (χ4v) is 1.13. The van der Waals surface area contributed by atoms with Gasteiger partial charge in [-0.25, -0.2) is 0 Å². The summed E-state index contributed by atoms with van der Waals surface area (Å²) in [6.07, 6.45) is 6.66. The van der Waals surface area contributed by atoms with Crippen LogP contribution in [0, 0.1) is 0 Å². The predicted octanol–water partition coefficient (Wildman–Crippen LogP) is 0.307. The van der Waals surface area contributed by atoms with Gasteiger partial charge in [-0.1, -0.05) is 19.3 Å². The first-order valence-corrected chi connectivity index (χ1v) is 4.34. The Labute approximate surface area is 72.9 Å². The number of carboxylic acid groups (broad SMARTS) is 1. The van der Waals surface area contributed by atoms with E-state index >= 15 is 0 Å². The van der Waals surface area contributed by atoms with Crippen molar-refractivity contribution in [2.75, 3.05) is 6.54 Å². The van der Waals surface area contributed by atoms with Crippen molar-refractivity contribution in [2.24, 2.45) is 11.5 Å². The third kappa shape index (κ3) is 7.50. The molecule has 0 bridgehead atoms. The maximum Gasteiger partial charge on any atom is 0.317 e. The molecule has 0 heterocycles. The van der Waals surface area contributed by atoms with Crippen molar-refractivity contribution in [3.63, 3.8) is 0 Å². The van der Waals surface area contributed by atoms with Crippen LogP contribution in [0.1, 0.15) is 32.1 Å². The molecule has 1 aliphatic rings. The van der Waals surface area contributed by atoms with Gasteiger partial charge in [0.15, 0.2) is 0 Å². The largest absolute Gasteiger partial charge is 0.480 e. The van der Waals surface area contributed by atoms with Crippen LogP contribution in [-0.4, -0.2) is 23.7 Å². The minimum atomic E-state index is -0.968. The summed E-state index contributed by atoms with van der Waals surface area (Å²) in [6.45, 7) is -0.278. The zero-order chi connectivity index (χ0) is 9.40. The van der Waals surface area contributed by atoms with Gasteiger partial charge in [0.25, 0.3) is 0 Å². The summed E-state index contributed by atoms with van der Waals surface area (Å²) >= 11 is 0. The summed E-state index contributed by atoms with van der Waals surface area (Å²) in [5.74, 6) is -0.968. The van der Waals surface area contributed by atoms with E-state index in [4.69, 9.17) is 10.8 Å².